The Morgan fingerprint density at radius 2 is 2.13 bits per heavy atom. The lowest BCUT2D eigenvalue weighted by atomic mass is 9.64. The summed E-state index contributed by atoms with van der Waals surface area (Å²) in [6.45, 7) is 2.12. The summed E-state index contributed by atoms with van der Waals surface area (Å²) >= 11 is 1.79. The molecule has 3 heterocycles. The quantitative estimate of drug-likeness (QED) is 0.743. The first kappa shape index (κ1) is 9.97. The molecule has 3 fully saturated rings. The Hall–Kier alpha value is -0.220. The zero-order chi connectivity index (χ0) is 10.7. The van der Waals surface area contributed by atoms with Crippen molar-refractivity contribution < 1.29 is 14.6 Å². The van der Waals surface area contributed by atoms with Crippen LogP contribution in [0.15, 0.2) is 0 Å². The topological polar surface area (TPSA) is 46.5 Å². The number of aliphatic carboxylic acids is 1. The fourth-order valence-corrected chi connectivity index (χ4v) is 5.59. The van der Waals surface area contributed by atoms with E-state index in [9.17, 15) is 9.90 Å². The Bertz CT molecular complexity index is 319. The predicted molar refractivity (Wildman–Crippen MR) is 58.0 cm³/mol. The molecule has 84 valence electrons. The SMILES string of the molecule is CC12CSCC1(C(=O)O)C1CCCC2O1. The first-order valence-electron chi connectivity index (χ1n) is 5.58. The fraction of sp³-hybridized carbons (Fsp3) is 0.909. The molecule has 3 aliphatic heterocycles. The fourth-order valence-electron chi connectivity index (χ4n) is 3.66. The smallest absolute Gasteiger partial charge is 0.313 e. The molecule has 0 saturated carbocycles. The number of carbonyl (C=O) groups is 1. The van der Waals surface area contributed by atoms with Crippen LogP contribution in [0.25, 0.3) is 0 Å². The number of hydrogen-bond acceptors (Lipinski definition) is 3. The van der Waals surface area contributed by atoms with Gasteiger partial charge in [0.25, 0.3) is 0 Å². The van der Waals surface area contributed by atoms with Crippen molar-refractivity contribution in [2.24, 2.45) is 10.8 Å². The molecule has 4 heteroatoms. The maximum atomic E-state index is 11.7. The van der Waals surface area contributed by atoms with E-state index in [1.54, 1.807) is 11.8 Å². The Morgan fingerprint density at radius 3 is 2.87 bits per heavy atom. The molecular formula is C11H16O3S. The van der Waals surface area contributed by atoms with Gasteiger partial charge in [-0.25, -0.2) is 0 Å². The number of rotatable bonds is 1. The van der Waals surface area contributed by atoms with E-state index in [0.29, 0.717) is 0 Å². The van der Waals surface area contributed by atoms with Crippen LogP contribution in [0.1, 0.15) is 26.2 Å². The molecule has 4 unspecified atom stereocenters. The Balaban J connectivity index is 2.12. The Labute approximate surface area is 93.6 Å². The molecule has 0 aromatic heterocycles. The average Bonchev–Trinajstić information content (AvgIpc) is 2.64. The molecular weight excluding hydrogens is 212 g/mol. The van der Waals surface area contributed by atoms with Crippen LogP contribution in [0.5, 0.6) is 0 Å². The van der Waals surface area contributed by atoms with Crippen LogP contribution in [0.2, 0.25) is 0 Å². The van der Waals surface area contributed by atoms with Crippen LogP contribution in [-0.4, -0.2) is 34.8 Å². The van der Waals surface area contributed by atoms with E-state index in [4.69, 9.17) is 4.74 Å². The standard InChI is InChI=1S/C11H16O3S/c1-10-5-15-6-11(10,9(12)13)8-4-2-3-7(10)14-8/h7-8H,2-6H2,1H3,(H,12,13). The van der Waals surface area contributed by atoms with Gasteiger partial charge in [0.05, 0.1) is 12.2 Å². The third-order valence-electron chi connectivity index (χ3n) is 4.65. The minimum Gasteiger partial charge on any atom is -0.481 e. The van der Waals surface area contributed by atoms with Crippen molar-refractivity contribution in [1.82, 2.24) is 0 Å². The number of thioether (sulfide) groups is 1. The molecule has 3 nitrogen and oxygen atoms in total. The summed E-state index contributed by atoms with van der Waals surface area (Å²) in [7, 11) is 0. The monoisotopic (exact) mass is 228 g/mol. The van der Waals surface area contributed by atoms with Crippen molar-refractivity contribution in [1.29, 1.82) is 0 Å². The van der Waals surface area contributed by atoms with Crippen LogP contribution in [0.3, 0.4) is 0 Å². The summed E-state index contributed by atoms with van der Waals surface area (Å²) in [6.07, 6.45) is 3.25. The first-order chi connectivity index (χ1) is 7.11. The van der Waals surface area contributed by atoms with E-state index in [1.165, 1.54) is 0 Å². The molecule has 15 heavy (non-hydrogen) atoms. The number of fused-ring (bicyclic) bond motifs is 5. The van der Waals surface area contributed by atoms with Crippen molar-refractivity contribution in [3.63, 3.8) is 0 Å². The van der Waals surface area contributed by atoms with Crippen molar-refractivity contribution in [3.8, 4) is 0 Å². The molecule has 4 atom stereocenters. The summed E-state index contributed by atoms with van der Waals surface area (Å²) in [5.41, 5.74) is -0.733. The number of hydrogen-bond donors (Lipinski definition) is 1. The second-order valence-corrected chi connectivity index (χ2v) is 6.22. The summed E-state index contributed by atoms with van der Waals surface area (Å²) in [5, 5.41) is 9.59. The van der Waals surface area contributed by atoms with Crippen LogP contribution in [-0.2, 0) is 9.53 Å². The van der Waals surface area contributed by atoms with Gasteiger partial charge in [0, 0.05) is 16.9 Å². The number of carboxylic acid groups (broad SMARTS) is 1. The van der Waals surface area contributed by atoms with E-state index in [0.717, 1.165) is 30.8 Å². The van der Waals surface area contributed by atoms with Gasteiger partial charge >= 0.3 is 5.97 Å². The highest BCUT2D eigenvalue weighted by atomic mass is 32.2. The van der Waals surface area contributed by atoms with Crippen molar-refractivity contribution in [2.45, 2.75) is 38.4 Å². The number of carboxylic acids is 1. The third-order valence-corrected chi connectivity index (χ3v) is 6.12. The molecule has 1 N–H and O–H groups in total. The molecule has 0 amide bonds. The van der Waals surface area contributed by atoms with Crippen LogP contribution in [0.4, 0.5) is 0 Å². The van der Waals surface area contributed by atoms with Gasteiger partial charge in [-0.2, -0.15) is 11.8 Å². The highest BCUT2D eigenvalue weighted by Gasteiger charge is 2.71. The van der Waals surface area contributed by atoms with Crippen LogP contribution >= 0.6 is 11.8 Å². The Morgan fingerprint density at radius 1 is 1.40 bits per heavy atom. The second-order valence-electron chi connectivity index (χ2n) is 5.23. The van der Waals surface area contributed by atoms with Crippen molar-refractivity contribution in [2.75, 3.05) is 11.5 Å². The zero-order valence-electron chi connectivity index (χ0n) is 8.86. The molecule has 3 rings (SSSR count). The molecule has 0 aromatic rings. The van der Waals surface area contributed by atoms with Gasteiger partial charge in [0.15, 0.2) is 0 Å². The third kappa shape index (κ3) is 0.954. The second kappa shape index (κ2) is 2.92. The summed E-state index contributed by atoms with van der Waals surface area (Å²) in [5.74, 6) is 1.05. The van der Waals surface area contributed by atoms with Gasteiger partial charge in [-0.1, -0.05) is 6.92 Å². The minimum absolute atomic E-state index is 0.0336. The largest absolute Gasteiger partial charge is 0.481 e. The lowest BCUT2D eigenvalue weighted by Gasteiger charge is -2.34. The van der Waals surface area contributed by atoms with E-state index in [-0.39, 0.29) is 17.6 Å². The van der Waals surface area contributed by atoms with Crippen LogP contribution in [0, 0.1) is 10.8 Å². The van der Waals surface area contributed by atoms with Gasteiger partial charge < -0.3 is 9.84 Å². The minimum atomic E-state index is -0.635. The van der Waals surface area contributed by atoms with E-state index in [2.05, 4.69) is 6.92 Å². The summed E-state index contributed by atoms with van der Waals surface area (Å²) < 4.78 is 5.94. The highest BCUT2D eigenvalue weighted by molar-refractivity contribution is 7.99. The highest BCUT2D eigenvalue weighted by Crippen LogP contribution is 2.64. The van der Waals surface area contributed by atoms with Gasteiger partial charge in [-0.05, 0) is 19.3 Å². The molecule has 0 radical (unpaired) electrons. The molecule has 0 aromatic carbocycles. The van der Waals surface area contributed by atoms with E-state index >= 15 is 0 Å². The number of ether oxygens (including phenoxy) is 1. The Kier molecular flexibility index (Phi) is 1.94. The summed E-state index contributed by atoms with van der Waals surface area (Å²) in [4.78, 5) is 11.7. The van der Waals surface area contributed by atoms with Crippen LogP contribution < -0.4 is 0 Å². The zero-order valence-corrected chi connectivity index (χ0v) is 9.68. The maximum absolute atomic E-state index is 11.7. The van der Waals surface area contributed by atoms with Gasteiger partial charge in [-0.3, -0.25) is 4.79 Å². The van der Waals surface area contributed by atoms with Crippen molar-refractivity contribution in [3.05, 3.63) is 0 Å². The van der Waals surface area contributed by atoms with E-state index in [1.807, 2.05) is 0 Å². The van der Waals surface area contributed by atoms with Gasteiger partial charge in [0.2, 0.25) is 0 Å². The first-order valence-corrected chi connectivity index (χ1v) is 6.73. The maximum Gasteiger partial charge on any atom is 0.313 e. The molecule has 0 spiro atoms. The van der Waals surface area contributed by atoms with Crippen molar-refractivity contribution >= 4 is 17.7 Å². The predicted octanol–water partition coefficient (Wildman–Crippen LogP) is 1.76. The lowest BCUT2D eigenvalue weighted by Crippen LogP contribution is -2.49. The van der Waals surface area contributed by atoms with Gasteiger partial charge in [-0.15, -0.1) is 0 Å². The molecule has 3 aliphatic rings. The molecule has 3 saturated heterocycles. The van der Waals surface area contributed by atoms with E-state index < -0.39 is 11.4 Å². The average molecular weight is 228 g/mol. The summed E-state index contributed by atoms with van der Waals surface area (Å²) in [6, 6.07) is 0. The molecule has 2 bridgehead atoms. The normalized spacial score (nSPS) is 52.9. The van der Waals surface area contributed by atoms with Gasteiger partial charge in [0.1, 0.15) is 5.41 Å². The lowest BCUT2D eigenvalue weighted by molar-refractivity contribution is -0.154. The molecule has 0 aliphatic carbocycles.